The molecule has 92 valence electrons. The van der Waals surface area contributed by atoms with Crippen LogP contribution in [0, 0.1) is 5.41 Å². The van der Waals surface area contributed by atoms with Gasteiger partial charge in [0.1, 0.15) is 0 Å². The van der Waals surface area contributed by atoms with Crippen molar-refractivity contribution in [3.8, 4) is 0 Å². The summed E-state index contributed by atoms with van der Waals surface area (Å²) in [6, 6.07) is 7.83. The molecule has 0 atom stereocenters. The average molecular weight is 231 g/mol. The van der Waals surface area contributed by atoms with Gasteiger partial charge in [0.15, 0.2) is 0 Å². The first-order valence-electron chi connectivity index (χ1n) is 6.15. The van der Waals surface area contributed by atoms with E-state index in [9.17, 15) is 0 Å². The van der Waals surface area contributed by atoms with Crippen LogP contribution in [0.25, 0.3) is 10.4 Å². The highest BCUT2D eigenvalue weighted by molar-refractivity contribution is 5.38. The molecule has 0 radical (unpaired) electrons. The van der Waals surface area contributed by atoms with Crippen molar-refractivity contribution in [3.63, 3.8) is 0 Å². The molecule has 0 unspecified atom stereocenters. The third-order valence-electron chi connectivity index (χ3n) is 2.74. The number of aryl methyl sites for hydroxylation is 1. The number of hydrogen-bond acceptors (Lipinski definition) is 1. The van der Waals surface area contributed by atoms with Crippen molar-refractivity contribution >= 4 is 5.69 Å². The second-order valence-electron chi connectivity index (χ2n) is 5.62. The molecule has 0 aliphatic rings. The Labute approximate surface area is 103 Å². The van der Waals surface area contributed by atoms with Crippen molar-refractivity contribution in [2.24, 2.45) is 10.5 Å². The molecule has 0 amide bonds. The lowest BCUT2D eigenvalue weighted by atomic mass is 9.89. The average Bonchev–Trinajstić information content (AvgIpc) is 2.26. The molecule has 0 bridgehead atoms. The summed E-state index contributed by atoms with van der Waals surface area (Å²) in [6.45, 7) is 6.84. The molecule has 0 saturated carbocycles. The number of nitrogens with zero attached hydrogens (tertiary/aromatic N) is 3. The minimum absolute atomic E-state index is 0.436. The van der Waals surface area contributed by atoms with Crippen LogP contribution in [0.5, 0.6) is 0 Å². The van der Waals surface area contributed by atoms with Crippen LogP contribution in [0.2, 0.25) is 0 Å². The van der Waals surface area contributed by atoms with Gasteiger partial charge in [0.05, 0.1) is 0 Å². The highest BCUT2D eigenvalue weighted by atomic mass is 15.1. The van der Waals surface area contributed by atoms with Gasteiger partial charge < -0.3 is 0 Å². The van der Waals surface area contributed by atoms with Gasteiger partial charge in [0.25, 0.3) is 0 Å². The number of unbranched alkanes of at least 4 members (excludes halogenated alkanes) is 1. The molecular formula is C14H21N3. The van der Waals surface area contributed by atoms with Crippen LogP contribution in [-0.2, 0) is 6.42 Å². The van der Waals surface area contributed by atoms with Gasteiger partial charge in [-0.2, -0.15) is 0 Å². The van der Waals surface area contributed by atoms with E-state index < -0.39 is 0 Å². The van der Waals surface area contributed by atoms with Gasteiger partial charge in [-0.3, -0.25) is 0 Å². The molecule has 17 heavy (non-hydrogen) atoms. The fourth-order valence-electron chi connectivity index (χ4n) is 1.77. The first kappa shape index (κ1) is 13.6. The van der Waals surface area contributed by atoms with Gasteiger partial charge in [0.2, 0.25) is 0 Å². The minimum Gasteiger partial charge on any atom is -0.0608 e. The summed E-state index contributed by atoms with van der Waals surface area (Å²) in [5, 5.41) is 3.56. The Balaban J connectivity index is 2.35. The molecule has 0 saturated heterocycles. The molecule has 1 aromatic rings. The fraction of sp³-hybridized carbons (Fsp3) is 0.571. The first-order valence-corrected chi connectivity index (χ1v) is 6.15. The van der Waals surface area contributed by atoms with E-state index in [4.69, 9.17) is 5.53 Å². The molecule has 1 rings (SSSR count). The van der Waals surface area contributed by atoms with Crippen LogP contribution in [-0.4, -0.2) is 0 Å². The largest absolute Gasteiger partial charge is 0.0608 e. The zero-order valence-electron chi connectivity index (χ0n) is 11.0. The van der Waals surface area contributed by atoms with E-state index in [1.165, 1.54) is 24.8 Å². The summed E-state index contributed by atoms with van der Waals surface area (Å²) >= 11 is 0. The smallest absolute Gasteiger partial charge is 0.0375 e. The Morgan fingerprint density at radius 3 is 2.29 bits per heavy atom. The normalized spacial score (nSPS) is 11.0. The highest BCUT2D eigenvalue weighted by Crippen LogP contribution is 2.22. The maximum atomic E-state index is 8.30. The third kappa shape index (κ3) is 5.98. The van der Waals surface area contributed by atoms with E-state index in [1.54, 1.807) is 0 Å². The van der Waals surface area contributed by atoms with Gasteiger partial charge in [-0.05, 0) is 35.8 Å². The quantitative estimate of drug-likeness (QED) is 0.282. The maximum Gasteiger partial charge on any atom is 0.0375 e. The SMILES string of the molecule is CC(C)(C)CCCCc1ccc(N=[N+]=[N-])cc1. The van der Waals surface area contributed by atoms with E-state index in [0.29, 0.717) is 11.1 Å². The van der Waals surface area contributed by atoms with Crippen molar-refractivity contribution in [2.75, 3.05) is 0 Å². The second kappa shape index (κ2) is 6.31. The number of hydrogen-bond donors (Lipinski definition) is 0. The zero-order valence-corrected chi connectivity index (χ0v) is 11.0. The molecule has 0 aliphatic carbocycles. The van der Waals surface area contributed by atoms with E-state index in [1.807, 2.05) is 24.3 Å². The van der Waals surface area contributed by atoms with E-state index in [-0.39, 0.29) is 0 Å². The lowest BCUT2D eigenvalue weighted by molar-refractivity contribution is 0.360. The van der Waals surface area contributed by atoms with Crippen molar-refractivity contribution in [2.45, 2.75) is 46.5 Å². The first-order chi connectivity index (χ1) is 8.01. The molecule has 0 spiro atoms. The lowest BCUT2D eigenvalue weighted by Crippen LogP contribution is -2.04. The standard InChI is InChI=1S/C14H21N3/c1-14(2,3)11-5-4-6-12-7-9-13(10-8-12)16-17-15/h7-10H,4-6,11H2,1-3H3. The number of benzene rings is 1. The topological polar surface area (TPSA) is 48.8 Å². The summed E-state index contributed by atoms with van der Waals surface area (Å²) in [6.07, 6.45) is 4.86. The molecular weight excluding hydrogens is 210 g/mol. The summed E-state index contributed by atoms with van der Waals surface area (Å²) in [7, 11) is 0. The van der Waals surface area contributed by atoms with Crippen molar-refractivity contribution < 1.29 is 0 Å². The maximum absolute atomic E-state index is 8.30. The Kier molecular flexibility index (Phi) is 5.05. The predicted molar refractivity (Wildman–Crippen MR) is 72.3 cm³/mol. The molecule has 0 aliphatic heterocycles. The molecule has 0 fully saturated rings. The van der Waals surface area contributed by atoms with Crippen LogP contribution >= 0.6 is 0 Å². The van der Waals surface area contributed by atoms with Crippen molar-refractivity contribution in [1.29, 1.82) is 0 Å². The molecule has 0 heterocycles. The van der Waals surface area contributed by atoms with Crippen LogP contribution in [0.4, 0.5) is 5.69 Å². The molecule has 1 aromatic carbocycles. The highest BCUT2D eigenvalue weighted by Gasteiger charge is 2.08. The van der Waals surface area contributed by atoms with E-state index >= 15 is 0 Å². The van der Waals surface area contributed by atoms with Crippen LogP contribution in [0.3, 0.4) is 0 Å². The Bertz CT molecular complexity index is 381. The molecule has 3 heteroatoms. The third-order valence-corrected chi connectivity index (χ3v) is 2.74. The van der Waals surface area contributed by atoms with Crippen LogP contribution < -0.4 is 0 Å². The van der Waals surface area contributed by atoms with Crippen molar-refractivity contribution in [1.82, 2.24) is 0 Å². The van der Waals surface area contributed by atoms with E-state index in [2.05, 4.69) is 30.8 Å². The summed E-state index contributed by atoms with van der Waals surface area (Å²) in [5.41, 5.74) is 10.7. The van der Waals surface area contributed by atoms with Gasteiger partial charge in [-0.1, -0.05) is 56.6 Å². The van der Waals surface area contributed by atoms with Gasteiger partial charge in [0, 0.05) is 10.6 Å². The Hall–Kier alpha value is -1.47. The second-order valence-corrected chi connectivity index (χ2v) is 5.62. The van der Waals surface area contributed by atoms with Crippen LogP contribution in [0.15, 0.2) is 29.4 Å². The summed E-state index contributed by atoms with van der Waals surface area (Å²) < 4.78 is 0. The van der Waals surface area contributed by atoms with Crippen molar-refractivity contribution in [3.05, 3.63) is 40.3 Å². The number of azide groups is 1. The minimum atomic E-state index is 0.436. The van der Waals surface area contributed by atoms with Gasteiger partial charge >= 0.3 is 0 Å². The molecule has 3 nitrogen and oxygen atoms in total. The predicted octanol–water partition coefficient (Wildman–Crippen LogP) is 5.39. The Morgan fingerprint density at radius 2 is 1.76 bits per heavy atom. The van der Waals surface area contributed by atoms with Gasteiger partial charge in [-0.15, -0.1) is 0 Å². The van der Waals surface area contributed by atoms with Gasteiger partial charge in [-0.25, -0.2) is 0 Å². The fourth-order valence-corrected chi connectivity index (χ4v) is 1.77. The monoisotopic (exact) mass is 231 g/mol. The summed E-state index contributed by atoms with van der Waals surface area (Å²) in [4.78, 5) is 2.76. The lowest BCUT2D eigenvalue weighted by Gasteiger charge is -2.17. The molecule has 0 N–H and O–H groups in total. The number of rotatable bonds is 5. The van der Waals surface area contributed by atoms with E-state index in [0.717, 1.165) is 6.42 Å². The summed E-state index contributed by atoms with van der Waals surface area (Å²) in [5.74, 6) is 0. The van der Waals surface area contributed by atoms with Crippen LogP contribution in [0.1, 0.15) is 45.6 Å². The molecule has 0 aromatic heterocycles. The Morgan fingerprint density at radius 1 is 1.12 bits per heavy atom. The zero-order chi connectivity index (χ0) is 12.7.